The van der Waals surface area contributed by atoms with Crippen LogP contribution in [-0.2, 0) is 0 Å². The Morgan fingerprint density at radius 2 is 1.14 bits per heavy atom. The maximum Gasteiger partial charge on any atom is 0.191 e. The molecule has 0 saturated heterocycles. The van der Waals surface area contributed by atoms with Gasteiger partial charge < -0.3 is 16.9 Å². The van der Waals surface area contributed by atoms with Crippen molar-refractivity contribution in [1.29, 1.82) is 0 Å². The van der Waals surface area contributed by atoms with E-state index in [-0.39, 0.29) is 17.9 Å². The molecule has 4 heteroatoms. The molecule has 0 N–H and O–H groups in total. The van der Waals surface area contributed by atoms with Gasteiger partial charge in [-0.2, -0.15) is 0 Å². The van der Waals surface area contributed by atoms with Crippen LogP contribution in [0.15, 0.2) is 24.3 Å². The van der Waals surface area contributed by atoms with Crippen molar-refractivity contribution in [3.63, 3.8) is 0 Å². The van der Waals surface area contributed by atoms with Gasteiger partial charge >= 0.3 is 0 Å². The quantitative estimate of drug-likeness (QED) is 0.112. The molecule has 0 amide bonds. The Hall–Kier alpha value is 0.0500. The molecule has 0 fully saturated rings. The van der Waals surface area contributed by atoms with Gasteiger partial charge in [0.25, 0.3) is 0 Å². The highest BCUT2D eigenvalue weighted by Crippen LogP contribution is 2.34. The van der Waals surface area contributed by atoms with Crippen molar-refractivity contribution in [3.8, 4) is 0 Å². The lowest BCUT2D eigenvalue weighted by molar-refractivity contribution is -0.907. The summed E-state index contributed by atoms with van der Waals surface area (Å²) >= 11 is 13.1. The molecule has 1 nitrogen and oxygen atoms in total. The van der Waals surface area contributed by atoms with E-state index >= 15 is 0 Å². The van der Waals surface area contributed by atoms with Crippen LogP contribution in [0.2, 0.25) is 5.02 Å². The molecule has 29 heavy (non-hydrogen) atoms. The SMILES string of the molecule is CCCCCCCCCCCCCCCC[N+](C)(C)C(Cl)c1ccccc1Cl.[Cl-]. The smallest absolute Gasteiger partial charge is 0.191 e. The fraction of sp³-hybridized carbons (Fsp3) is 0.760. The lowest BCUT2D eigenvalue weighted by atomic mass is 10.0. The summed E-state index contributed by atoms with van der Waals surface area (Å²) in [7, 11) is 4.42. The predicted molar refractivity (Wildman–Crippen MR) is 127 cm³/mol. The summed E-state index contributed by atoms with van der Waals surface area (Å²) in [4.78, 5) is 0. The largest absolute Gasteiger partial charge is 1.00 e. The third kappa shape index (κ3) is 13.1. The lowest BCUT2D eigenvalue weighted by Crippen LogP contribution is -3.00. The molecule has 1 rings (SSSR count). The Bertz CT molecular complexity index is 505. The van der Waals surface area contributed by atoms with Gasteiger partial charge in [-0.1, -0.05) is 125 Å². The first-order chi connectivity index (χ1) is 13.5. The zero-order valence-corrected chi connectivity index (χ0v) is 21.3. The Labute approximate surface area is 197 Å². The molecule has 0 aromatic heterocycles. The predicted octanol–water partition coefficient (Wildman–Crippen LogP) is 6.14. The van der Waals surface area contributed by atoms with Gasteiger partial charge in [-0.15, -0.1) is 0 Å². The lowest BCUT2D eigenvalue weighted by Gasteiger charge is -2.35. The van der Waals surface area contributed by atoms with E-state index in [1.807, 2.05) is 24.3 Å². The summed E-state index contributed by atoms with van der Waals surface area (Å²) in [6.45, 7) is 3.38. The van der Waals surface area contributed by atoms with E-state index in [0.29, 0.717) is 0 Å². The van der Waals surface area contributed by atoms with E-state index in [9.17, 15) is 0 Å². The van der Waals surface area contributed by atoms with Crippen molar-refractivity contribution < 1.29 is 16.9 Å². The highest BCUT2D eigenvalue weighted by molar-refractivity contribution is 6.32. The third-order valence-corrected chi connectivity index (χ3v) is 6.97. The van der Waals surface area contributed by atoms with Crippen LogP contribution in [0.25, 0.3) is 0 Å². The van der Waals surface area contributed by atoms with E-state index in [0.717, 1.165) is 21.6 Å². The number of rotatable bonds is 17. The van der Waals surface area contributed by atoms with E-state index in [2.05, 4.69) is 21.0 Å². The molecule has 0 aliphatic rings. The van der Waals surface area contributed by atoms with Crippen LogP contribution >= 0.6 is 23.2 Å². The minimum atomic E-state index is -0.0873. The molecule has 0 bridgehead atoms. The molecule has 0 heterocycles. The molecule has 0 saturated carbocycles. The number of halogens is 3. The number of unbranched alkanes of at least 4 members (excludes halogenated alkanes) is 13. The zero-order valence-electron chi connectivity index (χ0n) is 19.1. The van der Waals surface area contributed by atoms with Crippen LogP contribution in [-0.4, -0.2) is 25.1 Å². The summed E-state index contributed by atoms with van der Waals surface area (Å²) in [6, 6.07) is 7.95. The Morgan fingerprint density at radius 1 is 0.724 bits per heavy atom. The van der Waals surface area contributed by atoms with Gasteiger partial charge in [-0.3, -0.25) is 0 Å². The number of nitrogens with zero attached hydrogens (tertiary/aromatic N) is 1. The van der Waals surface area contributed by atoms with Gasteiger partial charge in [0.1, 0.15) is 0 Å². The van der Waals surface area contributed by atoms with Crippen LogP contribution in [0.5, 0.6) is 0 Å². The number of quaternary nitrogens is 1. The van der Waals surface area contributed by atoms with Gasteiger partial charge in [0.05, 0.1) is 25.7 Å². The highest BCUT2D eigenvalue weighted by atomic mass is 35.5. The topological polar surface area (TPSA) is 0 Å². The monoisotopic (exact) mass is 463 g/mol. The molecular formula is C25H44Cl3N. The molecule has 0 spiro atoms. The fourth-order valence-electron chi connectivity index (χ4n) is 3.87. The maximum atomic E-state index is 6.75. The molecule has 0 radical (unpaired) electrons. The second-order valence-electron chi connectivity index (χ2n) is 8.96. The van der Waals surface area contributed by atoms with Gasteiger partial charge in [-0.25, -0.2) is 0 Å². The van der Waals surface area contributed by atoms with Crippen molar-refractivity contribution in [2.24, 2.45) is 0 Å². The van der Waals surface area contributed by atoms with Crippen LogP contribution in [0, 0.1) is 0 Å². The number of benzene rings is 1. The first-order valence-electron chi connectivity index (χ1n) is 11.7. The van der Waals surface area contributed by atoms with Crippen molar-refractivity contribution >= 4 is 23.2 Å². The molecule has 1 aromatic rings. The summed E-state index contributed by atoms with van der Waals surface area (Å²) in [5.41, 5.74) is 0.955. The van der Waals surface area contributed by atoms with Crippen molar-refractivity contribution in [3.05, 3.63) is 34.9 Å². The Kier molecular flexibility index (Phi) is 17.7. The Morgan fingerprint density at radius 3 is 1.59 bits per heavy atom. The normalized spacial score (nSPS) is 12.6. The van der Waals surface area contributed by atoms with Gasteiger partial charge in [-0.05, 0) is 18.9 Å². The summed E-state index contributed by atoms with van der Waals surface area (Å²) in [5, 5.41) is 0.773. The fourth-order valence-corrected chi connectivity index (χ4v) is 4.45. The van der Waals surface area contributed by atoms with Crippen LogP contribution < -0.4 is 12.4 Å². The second kappa shape index (κ2) is 17.7. The number of hydrogen-bond donors (Lipinski definition) is 0. The first kappa shape index (κ1) is 29.1. The van der Waals surface area contributed by atoms with Gasteiger partial charge in [0, 0.05) is 5.56 Å². The van der Waals surface area contributed by atoms with Crippen molar-refractivity contribution in [2.45, 2.75) is 102 Å². The van der Waals surface area contributed by atoms with E-state index in [4.69, 9.17) is 23.2 Å². The zero-order chi connectivity index (χ0) is 20.7. The van der Waals surface area contributed by atoms with Gasteiger partial charge in [0.2, 0.25) is 0 Å². The highest BCUT2D eigenvalue weighted by Gasteiger charge is 2.28. The minimum absolute atomic E-state index is 0. The first-order valence-corrected chi connectivity index (χ1v) is 12.5. The molecule has 170 valence electrons. The molecule has 1 aromatic carbocycles. The van der Waals surface area contributed by atoms with Crippen LogP contribution in [0.1, 0.15) is 108 Å². The van der Waals surface area contributed by atoms with Crippen molar-refractivity contribution in [2.75, 3.05) is 20.6 Å². The molecular weight excluding hydrogens is 421 g/mol. The molecule has 0 aliphatic heterocycles. The van der Waals surface area contributed by atoms with E-state index in [1.54, 1.807) is 0 Å². The molecule has 1 unspecified atom stereocenters. The Balaban J connectivity index is 0.00000784. The van der Waals surface area contributed by atoms with Crippen LogP contribution in [0.3, 0.4) is 0 Å². The van der Waals surface area contributed by atoms with Gasteiger partial charge in [0.15, 0.2) is 5.50 Å². The van der Waals surface area contributed by atoms with Crippen LogP contribution in [0.4, 0.5) is 0 Å². The maximum absolute atomic E-state index is 6.75. The molecule has 0 aliphatic carbocycles. The third-order valence-electron chi connectivity index (χ3n) is 5.86. The number of hydrogen-bond acceptors (Lipinski definition) is 0. The van der Waals surface area contributed by atoms with Crippen molar-refractivity contribution in [1.82, 2.24) is 0 Å². The summed E-state index contributed by atoms with van der Waals surface area (Å²) in [6.07, 6.45) is 19.5. The standard InChI is InChI=1S/C25H44Cl2N.ClH/c1-4-5-6-7-8-9-10-11-12-13-14-15-16-19-22-28(2,3)25(27)23-20-17-18-21-24(23)26;/h17-18,20-21,25H,4-16,19,22H2,1-3H3;1H/q+1;/p-1. The summed E-state index contributed by atoms with van der Waals surface area (Å²) < 4.78 is 0.781. The average molecular weight is 465 g/mol. The minimum Gasteiger partial charge on any atom is -1.00 e. The van der Waals surface area contributed by atoms with E-state index < -0.39 is 0 Å². The van der Waals surface area contributed by atoms with E-state index in [1.165, 1.54) is 89.9 Å². The average Bonchev–Trinajstić information content (AvgIpc) is 2.68. The summed E-state index contributed by atoms with van der Waals surface area (Å²) in [5.74, 6) is 0. The second-order valence-corrected chi connectivity index (χ2v) is 9.78. The number of alkyl halides is 1. The molecule has 1 atom stereocenters.